The van der Waals surface area contributed by atoms with Crippen LogP contribution in [-0.4, -0.2) is 49.6 Å². The molecule has 6 rings (SSSR count). The molecular formula is C35H35N5O5S2. The number of aliphatic hydroxyl groups is 1. The van der Waals surface area contributed by atoms with Gasteiger partial charge in [0.15, 0.2) is 21.6 Å². The van der Waals surface area contributed by atoms with Crippen molar-refractivity contribution >= 4 is 51.3 Å². The topological polar surface area (TPSA) is 119 Å². The number of ketones is 1. The summed E-state index contributed by atoms with van der Waals surface area (Å²) in [6.45, 7) is 6.69. The van der Waals surface area contributed by atoms with E-state index in [1.165, 1.54) is 28.0 Å². The van der Waals surface area contributed by atoms with Gasteiger partial charge in [-0.15, -0.1) is 10.2 Å². The predicted octanol–water partition coefficient (Wildman–Crippen LogP) is 7.38. The fourth-order valence-corrected chi connectivity index (χ4v) is 7.39. The maximum absolute atomic E-state index is 13.9. The smallest absolute Gasteiger partial charge is 0.301 e. The number of carbonyl (C=O) groups is 2. The largest absolute Gasteiger partial charge is 0.505 e. The van der Waals surface area contributed by atoms with Gasteiger partial charge >= 0.3 is 5.91 Å². The second kappa shape index (κ2) is 14.4. The van der Waals surface area contributed by atoms with Gasteiger partial charge in [0.1, 0.15) is 11.3 Å². The van der Waals surface area contributed by atoms with Crippen molar-refractivity contribution in [1.29, 1.82) is 0 Å². The number of amides is 1. The number of ether oxygens (including phenoxy) is 2. The lowest BCUT2D eigenvalue weighted by Crippen LogP contribution is -2.29. The number of hydrogen-bond acceptors (Lipinski definition) is 10. The van der Waals surface area contributed by atoms with Crippen LogP contribution in [0.25, 0.3) is 11.4 Å². The van der Waals surface area contributed by atoms with E-state index in [-0.39, 0.29) is 16.5 Å². The van der Waals surface area contributed by atoms with Crippen LogP contribution in [0.5, 0.6) is 11.5 Å². The number of benzene rings is 2. The van der Waals surface area contributed by atoms with Gasteiger partial charge in [-0.2, -0.15) is 0 Å². The third-order valence-corrected chi connectivity index (χ3v) is 9.90. The van der Waals surface area contributed by atoms with Crippen molar-refractivity contribution in [3.05, 3.63) is 101 Å². The van der Waals surface area contributed by atoms with Crippen molar-refractivity contribution in [2.24, 2.45) is 0 Å². The molecule has 3 aromatic heterocycles. The quantitative estimate of drug-likeness (QED) is 0.0342. The monoisotopic (exact) mass is 669 g/mol. The maximum Gasteiger partial charge on any atom is 0.301 e. The molecule has 1 N–H and O–H groups in total. The fourth-order valence-electron chi connectivity index (χ4n) is 5.57. The highest BCUT2D eigenvalue weighted by molar-refractivity contribution is 8.00. The molecule has 1 saturated heterocycles. The van der Waals surface area contributed by atoms with Gasteiger partial charge in [-0.05, 0) is 55.7 Å². The molecular weight excluding hydrogens is 635 g/mol. The summed E-state index contributed by atoms with van der Waals surface area (Å²) in [4.78, 5) is 33.7. The van der Waals surface area contributed by atoms with Crippen LogP contribution in [0, 0.1) is 6.92 Å². The van der Waals surface area contributed by atoms with Gasteiger partial charge in [0, 0.05) is 11.9 Å². The third-order valence-electron chi connectivity index (χ3n) is 7.77. The number of aryl methyl sites for hydroxylation is 1. The molecule has 10 nitrogen and oxygen atoms in total. The van der Waals surface area contributed by atoms with Gasteiger partial charge in [0.25, 0.3) is 5.78 Å². The second-order valence-electron chi connectivity index (χ2n) is 11.0. The number of nitrogens with zero attached hydrogens (tertiary/aromatic N) is 5. The van der Waals surface area contributed by atoms with Crippen molar-refractivity contribution in [3.8, 4) is 11.5 Å². The number of pyridine rings is 1. The van der Waals surface area contributed by atoms with E-state index in [9.17, 15) is 14.7 Å². The number of carbonyl (C=O) groups excluding carboxylic acids is 2. The molecule has 12 heteroatoms. The number of thioether (sulfide) groups is 1. The van der Waals surface area contributed by atoms with Crippen molar-refractivity contribution in [2.45, 2.75) is 56.2 Å². The third kappa shape index (κ3) is 6.61. The predicted molar refractivity (Wildman–Crippen MR) is 183 cm³/mol. The van der Waals surface area contributed by atoms with E-state index in [2.05, 4.69) is 22.1 Å². The summed E-state index contributed by atoms with van der Waals surface area (Å²) in [6, 6.07) is 19.8. The first kappa shape index (κ1) is 32.3. The van der Waals surface area contributed by atoms with Crippen LogP contribution < -0.4 is 14.4 Å². The molecule has 1 aliphatic rings. The van der Waals surface area contributed by atoms with Crippen molar-refractivity contribution < 1.29 is 24.2 Å². The Morgan fingerprint density at radius 2 is 1.79 bits per heavy atom. The van der Waals surface area contributed by atoms with Gasteiger partial charge in [-0.1, -0.05) is 85.3 Å². The highest BCUT2D eigenvalue weighted by Crippen LogP contribution is 2.46. The number of rotatable bonds is 13. The van der Waals surface area contributed by atoms with Gasteiger partial charge in [0.2, 0.25) is 5.13 Å². The number of fused-ring (bicyclic) bond motifs is 1. The summed E-state index contributed by atoms with van der Waals surface area (Å²) < 4.78 is 14.4. The molecule has 1 amide bonds. The molecule has 1 atom stereocenters. The van der Waals surface area contributed by atoms with E-state index >= 15 is 0 Å². The minimum Gasteiger partial charge on any atom is -0.505 e. The molecule has 1 fully saturated rings. The Hall–Kier alpha value is -4.68. The lowest BCUT2D eigenvalue weighted by Gasteiger charge is -2.23. The SMILES string of the molecule is CCCCCOc1ccc(C2C(=C(O)c3c(C)nc4ccccn34)C(=O)C(=O)N2c2nnc(SCc3ccccc3)s2)cc1OCC. The molecule has 0 saturated carbocycles. The zero-order valence-electron chi connectivity index (χ0n) is 26.4. The van der Waals surface area contributed by atoms with Crippen molar-refractivity contribution in [1.82, 2.24) is 19.6 Å². The Morgan fingerprint density at radius 1 is 0.979 bits per heavy atom. The lowest BCUT2D eigenvalue weighted by atomic mass is 9.96. The lowest BCUT2D eigenvalue weighted by molar-refractivity contribution is -0.132. The van der Waals surface area contributed by atoms with Gasteiger partial charge in [-0.3, -0.25) is 18.9 Å². The summed E-state index contributed by atoms with van der Waals surface area (Å²) >= 11 is 2.71. The van der Waals surface area contributed by atoms with E-state index in [1.807, 2.05) is 55.5 Å². The number of Topliss-reactive ketones (excluding diaryl/α,β-unsaturated/α-hetero) is 1. The molecule has 1 unspecified atom stereocenters. The van der Waals surface area contributed by atoms with Crippen LogP contribution >= 0.6 is 23.1 Å². The first-order valence-corrected chi connectivity index (χ1v) is 17.4. The van der Waals surface area contributed by atoms with E-state index in [0.717, 1.165) is 24.8 Å². The first-order valence-electron chi connectivity index (χ1n) is 15.6. The minimum absolute atomic E-state index is 0.0727. The molecule has 0 radical (unpaired) electrons. The van der Waals surface area contributed by atoms with E-state index in [1.54, 1.807) is 35.7 Å². The Labute approximate surface area is 281 Å². The molecule has 5 aromatic rings. The second-order valence-corrected chi connectivity index (χ2v) is 13.1. The van der Waals surface area contributed by atoms with Crippen LogP contribution in [0.1, 0.15) is 61.7 Å². The summed E-state index contributed by atoms with van der Waals surface area (Å²) in [7, 11) is 0. The van der Waals surface area contributed by atoms with Crippen molar-refractivity contribution in [2.75, 3.05) is 18.1 Å². The Morgan fingerprint density at radius 3 is 2.57 bits per heavy atom. The summed E-state index contributed by atoms with van der Waals surface area (Å²) in [5.41, 5.74) is 3.05. The number of aliphatic hydroxyl groups excluding tert-OH is 1. The Kier molecular flexibility index (Phi) is 9.88. The molecule has 2 aromatic carbocycles. The zero-order chi connectivity index (χ0) is 32.9. The first-order chi connectivity index (χ1) is 22.9. The number of imidazole rings is 1. The average molecular weight is 670 g/mol. The van der Waals surface area contributed by atoms with Crippen molar-refractivity contribution in [3.63, 3.8) is 0 Å². The summed E-state index contributed by atoms with van der Waals surface area (Å²) in [6.07, 6.45) is 4.79. The summed E-state index contributed by atoms with van der Waals surface area (Å²) in [5.74, 6) is -0.247. The fraction of sp³-hybridized carbons (Fsp3) is 0.286. The van der Waals surface area contributed by atoms with E-state index in [4.69, 9.17) is 9.47 Å². The number of aromatic nitrogens is 4. The number of hydrogen-bond donors (Lipinski definition) is 1. The standard InChI is InChI=1S/C35H35N5O5S2/c1-4-6-12-19-45-25-17-16-24(20-26(25)44-5-2)30-28(31(41)29-22(3)36-27-15-10-11-18-39(27)29)32(42)33(43)40(30)34-37-38-35(47-34)46-21-23-13-8-7-9-14-23/h7-11,13-18,20,30,41H,4-6,12,19,21H2,1-3H3. The Balaban J connectivity index is 1.45. The zero-order valence-corrected chi connectivity index (χ0v) is 28.0. The number of unbranched alkanes of at least 4 members (excludes halogenated alkanes) is 2. The molecule has 242 valence electrons. The van der Waals surface area contributed by atoms with E-state index < -0.39 is 17.7 Å². The molecule has 0 spiro atoms. The number of anilines is 1. The highest BCUT2D eigenvalue weighted by Gasteiger charge is 2.49. The normalized spacial score (nSPS) is 15.9. The van der Waals surface area contributed by atoms with Crippen LogP contribution in [0.15, 0.2) is 82.8 Å². The minimum atomic E-state index is -1.02. The maximum atomic E-state index is 13.9. The van der Waals surface area contributed by atoms with Gasteiger partial charge < -0.3 is 14.6 Å². The van der Waals surface area contributed by atoms with Crippen LogP contribution in [0.3, 0.4) is 0 Å². The molecule has 4 heterocycles. The average Bonchev–Trinajstić information content (AvgIpc) is 3.76. The Bertz CT molecular complexity index is 1940. The van der Waals surface area contributed by atoms with Crippen LogP contribution in [-0.2, 0) is 15.3 Å². The summed E-state index contributed by atoms with van der Waals surface area (Å²) in [5, 5.41) is 20.8. The molecule has 47 heavy (non-hydrogen) atoms. The van der Waals surface area contributed by atoms with Gasteiger partial charge in [0.05, 0.1) is 30.5 Å². The molecule has 1 aliphatic heterocycles. The van der Waals surface area contributed by atoms with Crippen LogP contribution in [0.4, 0.5) is 5.13 Å². The molecule has 0 bridgehead atoms. The van der Waals surface area contributed by atoms with Crippen LogP contribution in [0.2, 0.25) is 0 Å². The van der Waals surface area contributed by atoms with Gasteiger partial charge in [-0.25, -0.2) is 4.98 Å². The molecule has 0 aliphatic carbocycles. The van der Waals surface area contributed by atoms with E-state index in [0.29, 0.717) is 57.4 Å². The highest BCUT2D eigenvalue weighted by atomic mass is 32.2.